The van der Waals surface area contributed by atoms with Crippen molar-refractivity contribution in [2.75, 3.05) is 24.3 Å². The molecular weight excluding hydrogens is 382 g/mol. The van der Waals surface area contributed by atoms with Gasteiger partial charge < -0.3 is 15.4 Å². The molecule has 0 amide bonds. The van der Waals surface area contributed by atoms with Crippen LogP contribution in [-0.4, -0.2) is 34.5 Å². The molecule has 144 valence electrons. The van der Waals surface area contributed by atoms with Crippen LogP contribution in [0.4, 0.5) is 23.0 Å². The van der Waals surface area contributed by atoms with Crippen molar-refractivity contribution in [1.82, 2.24) is 9.97 Å². The van der Waals surface area contributed by atoms with Crippen LogP contribution in [-0.2, 0) is 11.2 Å². The number of nitro groups is 1. The minimum absolute atomic E-state index is 0.0185. The number of para-hydroxylation sites is 1. The molecule has 2 N–H and O–H groups in total. The van der Waals surface area contributed by atoms with Crippen molar-refractivity contribution >= 4 is 40.3 Å². The topological polar surface area (TPSA) is 119 Å². The Labute approximate surface area is 164 Å². The first kappa shape index (κ1) is 19.2. The number of ether oxygens (including phenoxy) is 1. The molecule has 3 rings (SSSR count). The lowest BCUT2D eigenvalue weighted by atomic mass is 10.2. The standard InChI is InChI=1S/C18H17N5O4S/c1-27-18(24)13-6-2-3-7-14(13)22-17-15(23(25)26)16(20-11-21-17)19-9-8-12-5-4-10-28-12/h2-7,10-11H,8-9H2,1H3,(H2,19,20,21,22). The minimum atomic E-state index is -0.561. The molecule has 2 heterocycles. The molecular formula is C18H17N5O4S. The average molecular weight is 399 g/mol. The summed E-state index contributed by atoms with van der Waals surface area (Å²) in [5.41, 5.74) is 0.291. The zero-order valence-electron chi connectivity index (χ0n) is 14.9. The number of rotatable bonds is 8. The van der Waals surface area contributed by atoms with Crippen LogP contribution in [0.1, 0.15) is 15.2 Å². The average Bonchev–Trinajstić information content (AvgIpc) is 3.21. The van der Waals surface area contributed by atoms with Gasteiger partial charge in [0.15, 0.2) is 0 Å². The van der Waals surface area contributed by atoms with Gasteiger partial charge in [0.05, 0.1) is 23.3 Å². The maximum Gasteiger partial charge on any atom is 0.353 e. The number of esters is 1. The molecule has 0 saturated heterocycles. The molecule has 3 aromatic rings. The number of hydrogen-bond donors (Lipinski definition) is 2. The van der Waals surface area contributed by atoms with Crippen LogP contribution in [0.25, 0.3) is 0 Å². The van der Waals surface area contributed by atoms with Crippen molar-refractivity contribution in [3.8, 4) is 0 Å². The van der Waals surface area contributed by atoms with Crippen molar-refractivity contribution in [3.63, 3.8) is 0 Å². The van der Waals surface area contributed by atoms with E-state index in [9.17, 15) is 14.9 Å². The molecule has 2 aromatic heterocycles. The van der Waals surface area contributed by atoms with Crippen LogP contribution in [0.5, 0.6) is 0 Å². The Morgan fingerprint density at radius 2 is 2.00 bits per heavy atom. The summed E-state index contributed by atoms with van der Waals surface area (Å²) in [5, 5.41) is 19.5. The molecule has 1 aromatic carbocycles. The first-order chi connectivity index (χ1) is 13.6. The molecule has 0 unspecified atom stereocenters. The van der Waals surface area contributed by atoms with Gasteiger partial charge in [0.25, 0.3) is 0 Å². The van der Waals surface area contributed by atoms with Crippen LogP contribution in [0.2, 0.25) is 0 Å². The molecule has 0 saturated carbocycles. The summed E-state index contributed by atoms with van der Waals surface area (Å²) in [6, 6.07) is 10.5. The first-order valence-electron chi connectivity index (χ1n) is 8.30. The van der Waals surface area contributed by atoms with Crippen LogP contribution in [0.15, 0.2) is 48.1 Å². The highest BCUT2D eigenvalue weighted by Crippen LogP contribution is 2.32. The van der Waals surface area contributed by atoms with E-state index in [-0.39, 0.29) is 22.9 Å². The molecule has 0 aliphatic rings. The van der Waals surface area contributed by atoms with Gasteiger partial charge in [-0.25, -0.2) is 14.8 Å². The largest absolute Gasteiger partial charge is 0.465 e. The number of nitrogens with zero attached hydrogens (tertiary/aromatic N) is 3. The van der Waals surface area contributed by atoms with E-state index < -0.39 is 10.9 Å². The van der Waals surface area contributed by atoms with E-state index in [2.05, 4.69) is 20.6 Å². The number of nitrogens with one attached hydrogen (secondary N) is 2. The lowest BCUT2D eigenvalue weighted by Crippen LogP contribution is -2.11. The second-order valence-electron chi connectivity index (χ2n) is 5.59. The van der Waals surface area contributed by atoms with E-state index in [1.165, 1.54) is 13.4 Å². The second-order valence-corrected chi connectivity index (χ2v) is 6.63. The summed E-state index contributed by atoms with van der Waals surface area (Å²) in [6.07, 6.45) is 1.94. The van der Waals surface area contributed by atoms with Crippen LogP contribution in [0.3, 0.4) is 0 Å². The maximum atomic E-state index is 11.9. The monoisotopic (exact) mass is 399 g/mol. The Balaban J connectivity index is 1.85. The van der Waals surface area contributed by atoms with E-state index in [1.54, 1.807) is 35.6 Å². The third kappa shape index (κ3) is 4.41. The van der Waals surface area contributed by atoms with Gasteiger partial charge in [-0.15, -0.1) is 11.3 Å². The number of thiophene rings is 1. The Morgan fingerprint density at radius 1 is 1.21 bits per heavy atom. The molecule has 0 fully saturated rings. The van der Waals surface area contributed by atoms with Gasteiger partial charge in [0, 0.05) is 11.4 Å². The van der Waals surface area contributed by atoms with E-state index in [4.69, 9.17) is 4.74 Å². The molecule has 0 aliphatic carbocycles. The van der Waals surface area contributed by atoms with Gasteiger partial charge in [0.1, 0.15) is 6.33 Å². The Kier molecular flexibility index (Phi) is 6.12. The second kappa shape index (κ2) is 8.91. The molecule has 0 spiro atoms. The number of hydrogen-bond acceptors (Lipinski definition) is 9. The van der Waals surface area contributed by atoms with Gasteiger partial charge >= 0.3 is 11.7 Å². The van der Waals surface area contributed by atoms with Crippen LogP contribution < -0.4 is 10.6 Å². The van der Waals surface area contributed by atoms with Gasteiger partial charge in [-0.2, -0.15) is 0 Å². The third-order valence-corrected chi connectivity index (χ3v) is 4.77. The Hall–Kier alpha value is -3.53. The van der Waals surface area contributed by atoms with Gasteiger partial charge in [-0.3, -0.25) is 10.1 Å². The number of carbonyl (C=O) groups excluding carboxylic acids is 1. The SMILES string of the molecule is COC(=O)c1ccccc1Nc1ncnc(NCCc2cccs2)c1[N+](=O)[O-]. The number of carbonyl (C=O) groups is 1. The van der Waals surface area contributed by atoms with Gasteiger partial charge in [-0.05, 0) is 30.0 Å². The zero-order chi connectivity index (χ0) is 19.9. The highest BCUT2D eigenvalue weighted by Gasteiger charge is 2.24. The van der Waals surface area contributed by atoms with Crippen molar-refractivity contribution in [2.45, 2.75) is 6.42 Å². The highest BCUT2D eigenvalue weighted by molar-refractivity contribution is 7.09. The summed E-state index contributed by atoms with van der Waals surface area (Å²) in [4.78, 5) is 32.2. The van der Waals surface area contributed by atoms with Gasteiger partial charge in [0.2, 0.25) is 11.6 Å². The normalized spacial score (nSPS) is 10.3. The minimum Gasteiger partial charge on any atom is -0.465 e. The van der Waals surface area contributed by atoms with E-state index in [0.717, 1.165) is 4.88 Å². The fraction of sp³-hybridized carbons (Fsp3) is 0.167. The van der Waals surface area contributed by atoms with Crippen molar-refractivity contribution in [2.24, 2.45) is 0 Å². The molecule has 0 aliphatic heterocycles. The highest BCUT2D eigenvalue weighted by atomic mass is 32.1. The number of aromatic nitrogens is 2. The molecule has 0 bridgehead atoms. The fourth-order valence-corrected chi connectivity index (χ4v) is 3.25. The first-order valence-corrected chi connectivity index (χ1v) is 9.18. The molecule has 9 nitrogen and oxygen atoms in total. The molecule has 10 heteroatoms. The number of methoxy groups -OCH3 is 1. The van der Waals surface area contributed by atoms with E-state index >= 15 is 0 Å². The summed E-state index contributed by atoms with van der Waals surface area (Å²) in [5.74, 6) is -0.473. The summed E-state index contributed by atoms with van der Waals surface area (Å²) < 4.78 is 4.75. The molecule has 0 atom stereocenters. The predicted octanol–water partition coefficient (Wildman–Crippen LogP) is 3.63. The van der Waals surface area contributed by atoms with Crippen molar-refractivity contribution in [1.29, 1.82) is 0 Å². The lowest BCUT2D eigenvalue weighted by molar-refractivity contribution is -0.383. The van der Waals surface area contributed by atoms with Crippen LogP contribution in [0, 0.1) is 10.1 Å². The summed E-state index contributed by atoms with van der Waals surface area (Å²) in [6.45, 7) is 0.483. The van der Waals surface area contributed by atoms with Gasteiger partial charge in [-0.1, -0.05) is 18.2 Å². The quantitative estimate of drug-likeness (QED) is 0.335. The predicted molar refractivity (Wildman–Crippen MR) is 106 cm³/mol. The number of anilines is 3. The van der Waals surface area contributed by atoms with E-state index in [1.807, 2.05) is 17.5 Å². The van der Waals surface area contributed by atoms with Crippen molar-refractivity contribution in [3.05, 3.63) is 68.7 Å². The zero-order valence-corrected chi connectivity index (χ0v) is 15.7. The fourth-order valence-electron chi connectivity index (χ4n) is 2.54. The Bertz CT molecular complexity index is 978. The molecule has 0 radical (unpaired) electrons. The maximum absolute atomic E-state index is 11.9. The lowest BCUT2D eigenvalue weighted by Gasteiger charge is -2.12. The smallest absolute Gasteiger partial charge is 0.353 e. The van der Waals surface area contributed by atoms with Crippen molar-refractivity contribution < 1.29 is 14.5 Å². The summed E-state index contributed by atoms with van der Waals surface area (Å²) in [7, 11) is 1.27. The van der Waals surface area contributed by atoms with E-state index in [0.29, 0.717) is 18.7 Å². The summed E-state index contributed by atoms with van der Waals surface area (Å²) >= 11 is 1.62. The third-order valence-electron chi connectivity index (χ3n) is 3.83. The Morgan fingerprint density at radius 3 is 2.71 bits per heavy atom. The van der Waals surface area contributed by atoms with Crippen LogP contribution >= 0.6 is 11.3 Å². The molecule has 28 heavy (non-hydrogen) atoms. The number of benzene rings is 1.